The zero-order valence-electron chi connectivity index (χ0n) is 4.58. The summed E-state index contributed by atoms with van der Waals surface area (Å²) in [5, 5.41) is 0. The van der Waals surface area contributed by atoms with E-state index in [1.807, 2.05) is 0 Å². The largest absolute Gasteiger partial charge is 0.368 e. The minimum atomic E-state index is 0.396. The standard InChI is InChI=1S/C4H9NOP2/c7-5-8-4-2-1-3-6-4/h4H,1-3,7H2. The molecule has 0 aromatic heterocycles. The lowest BCUT2D eigenvalue weighted by molar-refractivity contribution is 0.172. The predicted molar refractivity (Wildman–Crippen MR) is 38.0 cm³/mol. The van der Waals surface area contributed by atoms with Gasteiger partial charge in [-0.15, -0.1) is 0 Å². The van der Waals surface area contributed by atoms with Gasteiger partial charge in [-0.05, 0) is 22.2 Å². The third kappa shape index (κ3) is 1.78. The van der Waals surface area contributed by atoms with E-state index in [-0.39, 0.29) is 0 Å². The van der Waals surface area contributed by atoms with Gasteiger partial charge in [0.2, 0.25) is 0 Å². The van der Waals surface area contributed by atoms with Gasteiger partial charge in [-0.3, -0.25) is 0 Å². The summed E-state index contributed by atoms with van der Waals surface area (Å²) >= 11 is 0. The van der Waals surface area contributed by atoms with Crippen molar-refractivity contribution in [2.75, 3.05) is 6.61 Å². The van der Waals surface area contributed by atoms with Crippen molar-refractivity contribution in [1.29, 1.82) is 0 Å². The molecule has 0 aromatic rings. The summed E-state index contributed by atoms with van der Waals surface area (Å²) in [4.78, 5) is 0. The average Bonchev–Trinajstić information content (AvgIpc) is 2.19. The fourth-order valence-corrected chi connectivity index (χ4v) is 1.79. The van der Waals surface area contributed by atoms with E-state index >= 15 is 0 Å². The third-order valence-electron chi connectivity index (χ3n) is 1.10. The molecule has 1 heterocycles. The van der Waals surface area contributed by atoms with Gasteiger partial charge in [0.25, 0.3) is 0 Å². The molecule has 8 heavy (non-hydrogen) atoms. The van der Waals surface area contributed by atoms with E-state index in [1.54, 1.807) is 0 Å². The fourth-order valence-electron chi connectivity index (χ4n) is 0.726. The highest BCUT2D eigenvalue weighted by Crippen LogP contribution is 2.24. The Labute approximate surface area is 53.1 Å². The molecule has 0 bridgehead atoms. The second-order valence-electron chi connectivity index (χ2n) is 1.70. The molecule has 0 radical (unpaired) electrons. The van der Waals surface area contributed by atoms with Crippen molar-refractivity contribution in [2.45, 2.75) is 18.7 Å². The van der Waals surface area contributed by atoms with E-state index in [0.717, 1.165) is 15.0 Å². The Morgan fingerprint density at radius 2 is 2.62 bits per heavy atom. The second kappa shape index (κ2) is 3.50. The van der Waals surface area contributed by atoms with E-state index in [9.17, 15) is 0 Å². The lowest BCUT2D eigenvalue weighted by Gasteiger charge is -1.96. The van der Waals surface area contributed by atoms with Gasteiger partial charge >= 0.3 is 0 Å². The number of ether oxygens (including phenoxy) is 1. The highest BCUT2D eigenvalue weighted by atomic mass is 31.1. The summed E-state index contributed by atoms with van der Waals surface area (Å²) < 4.78 is 9.16. The highest BCUT2D eigenvalue weighted by molar-refractivity contribution is 7.35. The molecule has 0 aromatic carbocycles. The van der Waals surface area contributed by atoms with Crippen LogP contribution in [0.5, 0.6) is 0 Å². The lowest BCUT2D eigenvalue weighted by Crippen LogP contribution is -1.90. The van der Waals surface area contributed by atoms with Crippen molar-refractivity contribution in [3.8, 4) is 0 Å². The van der Waals surface area contributed by atoms with E-state index in [0.29, 0.717) is 5.85 Å². The normalized spacial score (nSPS) is 29.9. The summed E-state index contributed by atoms with van der Waals surface area (Å²) in [7, 11) is 3.41. The van der Waals surface area contributed by atoms with Crippen LogP contribution in [0.4, 0.5) is 0 Å². The molecule has 0 aliphatic carbocycles. The Morgan fingerprint density at radius 1 is 1.75 bits per heavy atom. The van der Waals surface area contributed by atoms with E-state index < -0.39 is 0 Å². The monoisotopic (exact) mass is 149 g/mol. The van der Waals surface area contributed by atoms with Crippen molar-refractivity contribution in [3.05, 3.63) is 0 Å². The Morgan fingerprint density at radius 3 is 3.12 bits per heavy atom. The summed E-state index contributed by atoms with van der Waals surface area (Å²) in [6.07, 6.45) is 2.39. The van der Waals surface area contributed by atoms with Crippen molar-refractivity contribution in [2.24, 2.45) is 4.52 Å². The van der Waals surface area contributed by atoms with Gasteiger partial charge in [-0.25, -0.2) is 4.52 Å². The molecule has 4 heteroatoms. The van der Waals surface area contributed by atoms with Crippen LogP contribution in [-0.4, -0.2) is 12.5 Å². The van der Waals surface area contributed by atoms with Crippen LogP contribution < -0.4 is 0 Å². The first-order valence-electron chi connectivity index (χ1n) is 2.65. The van der Waals surface area contributed by atoms with Crippen molar-refractivity contribution >= 4 is 17.8 Å². The predicted octanol–water partition coefficient (Wildman–Crippen LogP) is 2.04. The van der Waals surface area contributed by atoms with E-state index in [4.69, 9.17) is 4.74 Å². The molecule has 2 unspecified atom stereocenters. The van der Waals surface area contributed by atoms with Crippen LogP contribution in [-0.2, 0) is 4.74 Å². The Kier molecular flexibility index (Phi) is 2.89. The van der Waals surface area contributed by atoms with Gasteiger partial charge in [0.1, 0.15) is 5.85 Å². The molecule has 0 N–H and O–H groups in total. The molecular formula is C4H9NOP2. The number of hydrogen-bond acceptors (Lipinski definition) is 2. The average molecular weight is 149 g/mol. The smallest absolute Gasteiger partial charge is 0.116 e. The first-order valence-corrected chi connectivity index (χ1v) is 4.08. The molecular weight excluding hydrogens is 140 g/mol. The molecule has 0 amide bonds. The molecule has 0 saturated carbocycles. The molecule has 1 rings (SSSR count). The van der Waals surface area contributed by atoms with Gasteiger partial charge in [0.15, 0.2) is 0 Å². The van der Waals surface area contributed by atoms with Crippen LogP contribution in [0.1, 0.15) is 12.8 Å². The van der Waals surface area contributed by atoms with Crippen LogP contribution in [0.25, 0.3) is 0 Å². The summed E-state index contributed by atoms with van der Waals surface area (Å²) in [5.74, 6) is 0.396. The summed E-state index contributed by atoms with van der Waals surface area (Å²) in [6, 6.07) is 0. The molecule has 2 nitrogen and oxygen atoms in total. The lowest BCUT2D eigenvalue weighted by atomic mass is 10.4. The topological polar surface area (TPSA) is 21.6 Å². The zero-order valence-corrected chi connectivity index (χ0v) is 6.63. The summed E-state index contributed by atoms with van der Waals surface area (Å²) in [5.41, 5.74) is 0. The third-order valence-corrected chi connectivity index (χ3v) is 2.30. The van der Waals surface area contributed by atoms with Crippen LogP contribution in [0.3, 0.4) is 0 Å². The van der Waals surface area contributed by atoms with Crippen LogP contribution in [0, 0.1) is 0 Å². The van der Waals surface area contributed by atoms with Crippen LogP contribution in [0.15, 0.2) is 4.52 Å². The highest BCUT2D eigenvalue weighted by Gasteiger charge is 2.12. The van der Waals surface area contributed by atoms with Gasteiger partial charge in [-0.1, -0.05) is 0 Å². The number of nitrogens with zero attached hydrogens (tertiary/aromatic N) is 1. The van der Waals surface area contributed by atoms with Crippen LogP contribution in [0.2, 0.25) is 0 Å². The molecule has 46 valence electrons. The number of rotatable bonds is 1. The molecule has 1 aliphatic rings. The van der Waals surface area contributed by atoms with Crippen molar-refractivity contribution < 1.29 is 4.74 Å². The minimum Gasteiger partial charge on any atom is -0.368 e. The van der Waals surface area contributed by atoms with E-state index in [2.05, 4.69) is 13.9 Å². The van der Waals surface area contributed by atoms with Gasteiger partial charge in [0, 0.05) is 15.0 Å². The van der Waals surface area contributed by atoms with Gasteiger partial charge in [-0.2, -0.15) is 0 Å². The fraction of sp³-hybridized carbons (Fsp3) is 1.00. The first kappa shape index (κ1) is 6.61. The molecule has 2 atom stereocenters. The Hall–Kier alpha value is 0.490. The SMILES string of the molecule is PN=PC1CCCO1. The maximum absolute atomic E-state index is 5.27. The zero-order chi connectivity index (χ0) is 5.82. The van der Waals surface area contributed by atoms with Crippen molar-refractivity contribution in [3.63, 3.8) is 0 Å². The molecule has 1 saturated heterocycles. The maximum Gasteiger partial charge on any atom is 0.116 e. The Bertz CT molecular complexity index is 90.0. The second-order valence-corrected chi connectivity index (χ2v) is 3.43. The number of hydrogen-bond donors (Lipinski definition) is 0. The molecule has 1 fully saturated rings. The quantitative estimate of drug-likeness (QED) is 0.523. The van der Waals surface area contributed by atoms with Crippen LogP contribution >= 0.6 is 17.8 Å². The minimum absolute atomic E-state index is 0.396. The van der Waals surface area contributed by atoms with E-state index in [1.165, 1.54) is 12.8 Å². The summed E-state index contributed by atoms with van der Waals surface area (Å²) in [6.45, 7) is 0.928. The van der Waals surface area contributed by atoms with Gasteiger partial charge < -0.3 is 4.74 Å². The Balaban J connectivity index is 2.24. The molecule has 0 spiro atoms. The van der Waals surface area contributed by atoms with Gasteiger partial charge in [0.05, 0.1) is 0 Å². The first-order chi connectivity index (χ1) is 3.93. The maximum atomic E-state index is 5.27. The molecule has 1 aliphatic heterocycles. The van der Waals surface area contributed by atoms with Crippen molar-refractivity contribution in [1.82, 2.24) is 0 Å².